The van der Waals surface area contributed by atoms with E-state index in [9.17, 15) is 9.59 Å². The lowest BCUT2D eigenvalue weighted by molar-refractivity contribution is 0.0493. The third-order valence-corrected chi connectivity index (χ3v) is 6.38. The number of esters is 1. The van der Waals surface area contributed by atoms with E-state index < -0.39 is 5.97 Å². The van der Waals surface area contributed by atoms with Gasteiger partial charge in [0.05, 0.1) is 26.0 Å². The largest absolute Gasteiger partial charge is 0.493 e. The maximum atomic E-state index is 12.7. The Hall–Kier alpha value is -2.80. The van der Waals surface area contributed by atoms with Crippen LogP contribution in [0.4, 0.5) is 0 Å². The molecule has 2 aliphatic rings. The van der Waals surface area contributed by atoms with E-state index in [-0.39, 0.29) is 23.6 Å². The highest BCUT2D eigenvalue weighted by atomic mass is 16.5. The standard InChI is InChI=1S/C25H31NO6/c1-4-18-10-17-11-24(32-15-16-6-8-30-9-7-16)23(29-3)12-19(17)21-13-22(27)20(14-26(18)21)25(28)31-5-2/h11-14,16,18H,4-10,15H2,1-3H3. The molecule has 1 aromatic carbocycles. The van der Waals surface area contributed by atoms with Gasteiger partial charge in [0.15, 0.2) is 16.9 Å². The van der Waals surface area contributed by atoms with Crippen LogP contribution in [0, 0.1) is 5.92 Å². The molecule has 0 spiro atoms. The van der Waals surface area contributed by atoms with Crippen LogP contribution in [0.3, 0.4) is 0 Å². The van der Waals surface area contributed by atoms with Crippen molar-refractivity contribution < 1.29 is 23.7 Å². The van der Waals surface area contributed by atoms with Gasteiger partial charge in [-0.05, 0) is 56.2 Å². The Kier molecular flexibility index (Phi) is 6.84. The first kappa shape index (κ1) is 22.4. The SMILES string of the molecule is CCOC(=O)c1cn2c(cc1=O)-c1cc(OC)c(OCC3CCOCC3)cc1CC2CC. The van der Waals surface area contributed by atoms with Gasteiger partial charge in [-0.25, -0.2) is 4.79 Å². The molecular weight excluding hydrogens is 410 g/mol. The summed E-state index contributed by atoms with van der Waals surface area (Å²) in [7, 11) is 1.62. The fourth-order valence-corrected chi connectivity index (χ4v) is 4.53. The first-order chi connectivity index (χ1) is 15.5. The van der Waals surface area contributed by atoms with E-state index in [1.165, 1.54) is 6.07 Å². The van der Waals surface area contributed by atoms with E-state index in [1.807, 2.05) is 16.7 Å². The average Bonchev–Trinajstić information content (AvgIpc) is 2.82. The highest BCUT2D eigenvalue weighted by Crippen LogP contribution is 2.42. The van der Waals surface area contributed by atoms with E-state index in [4.69, 9.17) is 18.9 Å². The van der Waals surface area contributed by atoms with Gasteiger partial charge in [-0.1, -0.05) is 6.92 Å². The molecule has 7 nitrogen and oxygen atoms in total. The minimum atomic E-state index is -0.581. The maximum Gasteiger partial charge on any atom is 0.343 e. The second-order valence-corrected chi connectivity index (χ2v) is 8.36. The zero-order chi connectivity index (χ0) is 22.7. The molecule has 0 amide bonds. The fraction of sp³-hybridized carbons (Fsp3) is 0.520. The Morgan fingerprint density at radius 2 is 1.94 bits per heavy atom. The fourth-order valence-electron chi connectivity index (χ4n) is 4.53. The van der Waals surface area contributed by atoms with Crippen LogP contribution in [0.5, 0.6) is 11.5 Å². The number of fused-ring (bicyclic) bond motifs is 3. The molecule has 2 aliphatic heterocycles. The van der Waals surface area contributed by atoms with E-state index in [0.29, 0.717) is 18.3 Å². The maximum absolute atomic E-state index is 12.7. The van der Waals surface area contributed by atoms with Gasteiger partial charge in [0.25, 0.3) is 0 Å². The monoisotopic (exact) mass is 441 g/mol. The number of aromatic nitrogens is 1. The summed E-state index contributed by atoms with van der Waals surface area (Å²) in [5.74, 6) is 1.27. The number of rotatable bonds is 7. The predicted octanol–water partition coefficient (Wildman–Crippen LogP) is 4.01. The Balaban J connectivity index is 1.70. The van der Waals surface area contributed by atoms with Gasteiger partial charge >= 0.3 is 5.97 Å². The number of hydrogen-bond donors (Lipinski definition) is 0. The van der Waals surface area contributed by atoms with Gasteiger partial charge in [0, 0.05) is 37.1 Å². The molecule has 0 N–H and O–H groups in total. The van der Waals surface area contributed by atoms with Crippen molar-refractivity contribution >= 4 is 5.97 Å². The van der Waals surface area contributed by atoms with Crippen LogP contribution < -0.4 is 14.9 Å². The summed E-state index contributed by atoms with van der Waals surface area (Å²) in [6, 6.07) is 5.65. The summed E-state index contributed by atoms with van der Waals surface area (Å²) < 4.78 is 24.3. The van der Waals surface area contributed by atoms with Crippen molar-refractivity contribution in [3.8, 4) is 22.8 Å². The van der Waals surface area contributed by atoms with Crippen LogP contribution >= 0.6 is 0 Å². The first-order valence-corrected chi connectivity index (χ1v) is 11.4. The molecule has 3 heterocycles. The summed E-state index contributed by atoms with van der Waals surface area (Å²) in [5, 5.41) is 0. The van der Waals surface area contributed by atoms with Crippen molar-refractivity contribution in [2.75, 3.05) is 33.5 Å². The minimum absolute atomic E-state index is 0.0703. The molecule has 1 unspecified atom stereocenters. The Morgan fingerprint density at radius 3 is 2.62 bits per heavy atom. The first-order valence-electron chi connectivity index (χ1n) is 11.4. The van der Waals surface area contributed by atoms with E-state index >= 15 is 0 Å². The third-order valence-electron chi connectivity index (χ3n) is 6.38. The van der Waals surface area contributed by atoms with Crippen molar-refractivity contribution in [2.24, 2.45) is 5.92 Å². The second kappa shape index (κ2) is 9.77. The second-order valence-electron chi connectivity index (χ2n) is 8.36. The highest BCUT2D eigenvalue weighted by Gasteiger charge is 2.27. The molecule has 0 saturated carbocycles. The van der Waals surface area contributed by atoms with Crippen LogP contribution in [-0.4, -0.2) is 44.1 Å². The molecule has 0 bridgehead atoms. The van der Waals surface area contributed by atoms with E-state index in [0.717, 1.165) is 61.5 Å². The molecule has 2 aromatic rings. The van der Waals surface area contributed by atoms with Crippen molar-refractivity contribution in [1.29, 1.82) is 0 Å². The van der Waals surface area contributed by atoms with E-state index in [2.05, 4.69) is 6.92 Å². The number of ether oxygens (including phenoxy) is 4. The molecule has 4 rings (SSSR count). The number of pyridine rings is 1. The summed E-state index contributed by atoms with van der Waals surface area (Å²) in [4.78, 5) is 25.0. The molecule has 1 aromatic heterocycles. The minimum Gasteiger partial charge on any atom is -0.493 e. The van der Waals surface area contributed by atoms with Gasteiger partial charge in [-0.2, -0.15) is 0 Å². The van der Waals surface area contributed by atoms with Gasteiger partial charge in [-0.3, -0.25) is 4.79 Å². The van der Waals surface area contributed by atoms with Crippen molar-refractivity contribution in [1.82, 2.24) is 4.57 Å². The third kappa shape index (κ3) is 4.39. The van der Waals surface area contributed by atoms with Crippen LogP contribution in [0.15, 0.2) is 29.2 Å². The number of carbonyl (C=O) groups excluding carboxylic acids is 1. The van der Waals surface area contributed by atoms with Crippen molar-refractivity contribution in [3.05, 3.63) is 45.7 Å². The van der Waals surface area contributed by atoms with Crippen LogP contribution in [0.2, 0.25) is 0 Å². The van der Waals surface area contributed by atoms with Crippen molar-refractivity contribution in [3.63, 3.8) is 0 Å². The zero-order valence-corrected chi connectivity index (χ0v) is 19.0. The van der Waals surface area contributed by atoms with Gasteiger partial charge in [0.1, 0.15) is 5.56 Å². The number of hydrogen-bond acceptors (Lipinski definition) is 6. The lowest BCUT2D eigenvalue weighted by Gasteiger charge is -2.31. The normalized spacial score (nSPS) is 17.9. The van der Waals surface area contributed by atoms with Crippen LogP contribution in [-0.2, 0) is 15.9 Å². The topological polar surface area (TPSA) is 76.0 Å². The molecule has 0 aliphatic carbocycles. The Bertz CT molecular complexity index is 1040. The summed E-state index contributed by atoms with van der Waals surface area (Å²) in [6.07, 6.45) is 5.30. The molecule has 1 atom stereocenters. The molecule has 7 heteroatoms. The van der Waals surface area contributed by atoms with Crippen molar-refractivity contribution in [2.45, 2.75) is 45.6 Å². The predicted molar refractivity (Wildman–Crippen MR) is 121 cm³/mol. The number of benzene rings is 1. The summed E-state index contributed by atoms with van der Waals surface area (Å²) >= 11 is 0. The number of nitrogens with zero attached hydrogens (tertiary/aromatic N) is 1. The number of methoxy groups -OCH3 is 1. The Labute approximate surface area is 188 Å². The highest BCUT2D eigenvalue weighted by molar-refractivity contribution is 5.89. The van der Waals surface area contributed by atoms with Gasteiger partial charge in [-0.15, -0.1) is 0 Å². The quantitative estimate of drug-likeness (QED) is 0.605. The molecule has 32 heavy (non-hydrogen) atoms. The summed E-state index contributed by atoms with van der Waals surface area (Å²) in [5.41, 5.74) is 2.56. The number of carbonyl (C=O) groups is 1. The molecule has 0 radical (unpaired) electrons. The van der Waals surface area contributed by atoms with Crippen LogP contribution in [0.25, 0.3) is 11.3 Å². The van der Waals surface area contributed by atoms with Gasteiger partial charge < -0.3 is 23.5 Å². The average molecular weight is 442 g/mol. The summed E-state index contributed by atoms with van der Waals surface area (Å²) in [6.45, 7) is 6.27. The van der Waals surface area contributed by atoms with Crippen LogP contribution in [0.1, 0.15) is 55.1 Å². The Morgan fingerprint density at radius 1 is 1.16 bits per heavy atom. The lowest BCUT2D eigenvalue weighted by atomic mass is 9.90. The molecule has 172 valence electrons. The molecular formula is C25H31NO6. The smallest absolute Gasteiger partial charge is 0.343 e. The van der Waals surface area contributed by atoms with E-state index in [1.54, 1.807) is 20.2 Å². The molecule has 1 fully saturated rings. The lowest BCUT2D eigenvalue weighted by Crippen LogP contribution is -2.26. The van der Waals surface area contributed by atoms with Gasteiger partial charge in [0.2, 0.25) is 0 Å². The zero-order valence-electron chi connectivity index (χ0n) is 19.0. The molecule has 1 saturated heterocycles.